The lowest BCUT2D eigenvalue weighted by Crippen LogP contribution is -2.40. The Kier molecular flexibility index (Phi) is 4.83. The highest BCUT2D eigenvalue weighted by molar-refractivity contribution is 7.18. The van der Waals surface area contributed by atoms with Gasteiger partial charge in [0, 0.05) is 11.6 Å². The van der Waals surface area contributed by atoms with Gasteiger partial charge < -0.3 is 9.64 Å². The smallest absolute Gasteiger partial charge is 0.263 e. The summed E-state index contributed by atoms with van der Waals surface area (Å²) in [4.78, 5) is 19.6. The first-order chi connectivity index (χ1) is 12.6. The van der Waals surface area contributed by atoms with Crippen LogP contribution in [-0.4, -0.2) is 28.4 Å². The molecule has 0 spiro atoms. The number of hydrogen-bond acceptors (Lipinski definition) is 4. The summed E-state index contributed by atoms with van der Waals surface area (Å²) in [5.41, 5.74) is 0.995. The summed E-state index contributed by atoms with van der Waals surface area (Å²) in [5, 5.41) is 1.60. The predicted molar refractivity (Wildman–Crippen MR) is 105 cm³/mol. The number of carbonyl (C=O) groups is 1. The number of benzene rings is 2. The number of para-hydroxylation sites is 1. The minimum Gasteiger partial charge on any atom is -0.481 e. The highest BCUT2D eigenvalue weighted by Crippen LogP contribution is 2.37. The molecule has 3 aromatic rings. The predicted octanol–water partition coefficient (Wildman–Crippen LogP) is 5.08. The van der Waals surface area contributed by atoms with Crippen LogP contribution >= 0.6 is 22.9 Å². The average Bonchev–Trinajstić information content (AvgIpc) is 3.27. The molecule has 4 rings (SSSR count). The number of thiazole rings is 1. The summed E-state index contributed by atoms with van der Waals surface area (Å²) >= 11 is 7.66. The van der Waals surface area contributed by atoms with E-state index in [0.717, 1.165) is 34.6 Å². The van der Waals surface area contributed by atoms with Crippen LogP contribution in [0.1, 0.15) is 30.8 Å². The van der Waals surface area contributed by atoms with Crippen LogP contribution in [0.3, 0.4) is 0 Å². The molecule has 1 aliphatic heterocycles. The molecule has 2 heterocycles. The first-order valence-corrected chi connectivity index (χ1v) is 9.89. The zero-order valence-corrected chi connectivity index (χ0v) is 16.0. The third kappa shape index (κ3) is 3.41. The van der Waals surface area contributed by atoms with Gasteiger partial charge in [-0.15, -0.1) is 11.3 Å². The van der Waals surface area contributed by atoms with E-state index in [1.807, 2.05) is 35.2 Å². The van der Waals surface area contributed by atoms with Crippen molar-refractivity contribution in [2.45, 2.75) is 31.9 Å². The molecule has 1 saturated heterocycles. The van der Waals surface area contributed by atoms with Crippen LogP contribution in [0.2, 0.25) is 5.02 Å². The monoisotopic (exact) mass is 386 g/mol. The molecule has 6 heteroatoms. The van der Waals surface area contributed by atoms with Crippen molar-refractivity contribution in [1.29, 1.82) is 0 Å². The minimum absolute atomic E-state index is 0.00766. The van der Waals surface area contributed by atoms with Crippen molar-refractivity contribution in [3.63, 3.8) is 0 Å². The van der Waals surface area contributed by atoms with Crippen molar-refractivity contribution in [1.82, 2.24) is 9.88 Å². The Bertz CT molecular complexity index is 909. The van der Waals surface area contributed by atoms with E-state index in [0.29, 0.717) is 10.8 Å². The number of fused-ring (bicyclic) bond motifs is 1. The summed E-state index contributed by atoms with van der Waals surface area (Å²) < 4.78 is 6.98. The van der Waals surface area contributed by atoms with Crippen LogP contribution in [0.4, 0.5) is 0 Å². The van der Waals surface area contributed by atoms with Crippen LogP contribution in [-0.2, 0) is 4.79 Å². The Balaban J connectivity index is 1.52. The van der Waals surface area contributed by atoms with E-state index in [-0.39, 0.29) is 11.9 Å². The number of aromatic nitrogens is 1. The van der Waals surface area contributed by atoms with Gasteiger partial charge >= 0.3 is 0 Å². The SMILES string of the molecule is CC(Oc1cccc(Cl)c1)C(=O)N1CCCC1c1nc2ccccc2s1. The van der Waals surface area contributed by atoms with Crippen molar-refractivity contribution >= 4 is 39.1 Å². The highest BCUT2D eigenvalue weighted by Gasteiger charge is 2.35. The van der Waals surface area contributed by atoms with Crippen molar-refractivity contribution in [3.05, 3.63) is 58.6 Å². The molecule has 2 unspecified atom stereocenters. The average molecular weight is 387 g/mol. The van der Waals surface area contributed by atoms with Gasteiger partial charge in [0.2, 0.25) is 0 Å². The van der Waals surface area contributed by atoms with Crippen molar-refractivity contribution in [3.8, 4) is 5.75 Å². The van der Waals surface area contributed by atoms with E-state index in [2.05, 4.69) is 6.07 Å². The summed E-state index contributed by atoms with van der Waals surface area (Å²) in [5.74, 6) is 0.598. The molecule has 0 aliphatic carbocycles. The van der Waals surface area contributed by atoms with Gasteiger partial charge in [0.25, 0.3) is 5.91 Å². The second-order valence-electron chi connectivity index (χ2n) is 6.43. The summed E-state index contributed by atoms with van der Waals surface area (Å²) in [6, 6.07) is 15.3. The van der Waals surface area contributed by atoms with Gasteiger partial charge in [-0.25, -0.2) is 4.98 Å². The third-order valence-electron chi connectivity index (χ3n) is 4.59. The van der Waals surface area contributed by atoms with Gasteiger partial charge in [-0.3, -0.25) is 4.79 Å². The molecule has 4 nitrogen and oxygen atoms in total. The largest absolute Gasteiger partial charge is 0.481 e. The molecule has 2 atom stereocenters. The topological polar surface area (TPSA) is 42.4 Å². The van der Waals surface area contributed by atoms with Crippen LogP contribution in [0.25, 0.3) is 10.2 Å². The maximum Gasteiger partial charge on any atom is 0.263 e. The Morgan fingerprint density at radius 1 is 1.31 bits per heavy atom. The molecule has 1 fully saturated rings. The maximum absolute atomic E-state index is 13.0. The zero-order chi connectivity index (χ0) is 18.1. The molecule has 26 heavy (non-hydrogen) atoms. The zero-order valence-electron chi connectivity index (χ0n) is 14.4. The number of amides is 1. The van der Waals surface area contributed by atoms with E-state index >= 15 is 0 Å². The number of carbonyl (C=O) groups excluding carboxylic acids is 1. The molecule has 0 radical (unpaired) electrons. The molecule has 1 amide bonds. The number of ether oxygens (including phenoxy) is 1. The van der Waals surface area contributed by atoms with Crippen molar-refractivity contribution < 1.29 is 9.53 Å². The first kappa shape index (κ1) is 17.3. The van der Waals surface area contributed by atoms with Gasteiger partial charge in [0.05, 0.1) is 16.3 Å². The quantitative estimate of drug-likeness (QED) is 0.627. The van der Waals surface area contributed by atoms with Crippen LogP contribution in [0, 0.1) is 0 Å². The van der Waals surface area contributed by atoms with Gasteiger partial charge in [-0.1, -0.05) is 29.8 Å². The van der Waals surface area contributed by atoms with E-state index in [9.17, 15) is 4.79 Å². The molecule has 0 saturated carbocycles. The normalized spacial score (nSPS) is 18.2. The Labute approximate surface area is 161 Å². The molecule has 0 N–H and O–H groups in total. The Hall–Kier alpha value is -2.11. The maximum atomic E-state index is 13.0. The van der Waals surface area contributed by atoms with Crippen LogP contribution < -0.4 is 4.74 Å². The third-order valence-corrected chi connectivity index (χ3v) is 5.96. The van der Waals surface area contributed by atoms with Crippen molar-refractivity contribution in [2.75, 3.05) is 6.54 Å². The lowest BCUT2D eigenvalue weighted by molar-refractivity contribution is -0.138. The minimum atomic E-state index is -0.566. The van der Waals surface area contributed by atoms with E-state index < -0.39 is 6.10 Å². The number of rotatable bonds is 4. The van der Waals surface area contributed by atoms with E-state index in [1.165, 1.54) is 0 Å². The lowest BCUT2D eigenvalue weighted by atomic mass is 10.2. The van der Waals surface area contributed by atoms with Gasteiger partial charge in [-0.05, 0) is 50.1 Å². The fourth-order valence-corrected chi connectivity index (χ4v) is 4.64. The van der Waals surface area contributed by atoms with E-state index in [1.54, 1.807) is 30.4 Å². The fraction of sp³-hybridized carbons (Fsp3) is 0.300. The lowest BCUT2D eigenvalue weighted by Gasteiger charge is -2.26. The first-order valence-electron chi connectivity index (χ1n) is 8.70. The molecule has 1 aliphatic rings. The second-order valence-corrected chi connectivity index (χ2v) is 7.93. The summed E-state index contributed by atoms with van der Waals surface area (Å²) in [7, 11) is 0. The number of likely N-dealkylation sites (tertiary alicyclic amines) is 1. The number of hydrogen-bond donors (Lipinski definition) is 0. The van der Waals surface area contributed by atoms with E-state index in [4.69, 9.17) is 21.3 Å². The van der Waals surface area contributed by atoms with Gasteiger partial charge in [-0.2, -0.15) is 0 Å². The molecule has 0 bridgehead atoms. The standard InChI is InChI=1S/C20H19ClN2O2S/c1-13(25-15-7-4-6-14(21)12-15)20(24)23-11-5-9-17(23)19-22-16-8-2-3-10-18(16)26-19/h2-4,6-8,10,12-13,17H,5,9,11H2,1H3. The molecule has 1 aromatic heterocycles. The van der Waals surface area contributed by atoms with Crippen LogP contribution in [0.15, 0.2) is 48.5 Å². The van der Waals surface area contributed by atoms with Crippen molar-refractivity contribution in [2.24, 2.45) is 0 Å². The van der Waals surface area contributed by atoms with Gasteiger partial charge in [0.1, 0.15) is 10.8 Å². The Morgan fingerprint density at radius 3 is 2.96 bits per heavy atom. The van der Waals surface area contributed by atoms with Gasteiger partial charge in [0.15, 0.2) is 6.10 Å². The fourth-order valence-electron chi connectivity index (χ4n) is 3.35. The Morgan fingerprint density at radius 2 is 2.15 bits per heavy atom. The molecule has 2 aromatic carbocycles. The molecular weight excluding hydrogens is 368 g/mol. The second kappa shape index (κ2) is 7.25. The molecule has 134 valence electrons. The number of halogens is 1. The summed E-state index contributed by atoms with van der Waals surface area (Å²) in [6.45, 7) is 2.53. The number of nitrogens with zero attached hydrogens (tertiary/aromatic N) is 2. The summed E-state index contributed by atoms with van der Waals surface area (Å²) in [6.07, 6.45) is 1.36. The van der Waals surface area contributed by atoms with Crippen LogP contribution in [0.5, 0.6) is 5.75 Å². The molecular formula is C20H19ClN2O2S. The highest BCUT2D eigenvalue weighted by atomic mass is 35.5.